The number of sulfonamides is 1. The summed E-state index contributed by atoms with van der Waals surface area (Å²) in [6.07, 6.45) is -4.98. The lowest BCUT2D eigenvalue weighted by molar-refractivity contribution is -0.139. The normalized spacial score (nSPS) is 12.9. The fourth-order valence-electron chi connectivity index (χ4n) is 3.53. The van der Waals surface area contributed by atoms with Crippen molar-refractivity contribution < 1.29 is 44.8 Å². The Labute approximate surface area is 218 Å². The molecule has 0 radical (unpaired) electrons. The predicted octanol–water partition coefficient (Wildman–Crippen LogP) is 4.98. The second-order valence-corrected chi connectivity index (χ2v) is 10.2. The number of hydrogen-bond donors (Lipinski definition) is 2. The minimum absolute atomic E-state index is 0.105. The van der Waals surface area contributed by atoms with Crippen molar-refractivity contribution in [2.45, 2.75) is 30.5 Å². The van der Waals surface area contributed by atoms with Crippen LogP contribution >= 0.6 is 0 Å². The molecule has 0 aliphatic carbocycles. The lowest BCUT2D eigenvalue weighted by Crippen LogP contribution is -2.42. The summed E-state index contributed by atoms with van der Waals surface area (Å²) < 4.78 is 99.2. The molecule has 1 aromatic heterocycles. The van der Waals surface area contributed by atoms with Gasteiger partial charge in [-0.2, -0.15) is 22.9 Å². The zero-order valence-corrected chi connectivity index (χ0v) is 20.6. The Morgan fingerprint density at radius 3 is 2.31 bits per heavy atom. The fourth-order valence-corrected chi connectivity index (χ4v) is 4.73. The summed E-state index contributed by atoms with van der Waals surface area (Å²) in [5.74, 6) is -3.60. The van der Waals surface area contributed by atoms with E-state index in [-0.39, 0.29) is 34.0 Å². The molecule has 0 amide bonds. The number of aliphatic carboxylic acids is 1. The first-order chi connectivity index (χ1) is 18.2. The number of halogens is 5. The summed E-state index contributed by atoms with van der Waals surface area (Å²) in [4.78, 5) is 15.3. The zero-order chi connectivity index (χ0) is 28.5. The van der Waals surface area contributed by atoms with Crippen molar-refractivity contribution in [1.82, 2.24) is 14.9 Å². The number of rotatable bonds is 8. The van der Waals surface area contributed by atoms with Gasteiger partial charge in [-0.3, -0.25) is 4.79 Å². The summed E-state index contributed by atoms with van der Waals surface area (Å²) >= 11 is 0. The fraction of sp³-hybridized carbons (Fsp3) is 0.160. The molecule has 8 nitrogen and oxygen atoms in total. The zero-order valence-electron chi connectivity index (χ0n) is 19.8. The molecule has 39 heavy (non-hydrogen) atoms. The third-order valence-electron chi connectivity index (χ3n) is 5.65. The first-order valence-electron chi connectivity index (χ1n) is 11.1. The van der Waals surface area contributed by atoms with Gasteiger partial charge in [0, 0.05) is 5.56 Å². The molecular weight excluding hydrogens is 549 g/mol. The Morgan fingerprint density at radius 2 is 1.72 bits per heavy atom. The van der Waals surface area contributed by atoms with E-state index in [1.54, 1.807) is 0 Å². The standard InChI is InChI=1S/C25H18F5N3O5S/c1-13-2-8-17(12-19(13)26)39(36,37)33-21(24(34)35)11-14-3-9-18(20(27)10-14)22-31-23(38-32-22)15-4-6-16(7-5-15)25(28,29)30/h2-10,12,21,33H,11H2,1H3,(H,34,35). The second kappa shape index (κ2) is 10.5. The van der Waals surface area contributed by atoms with E-state index in [0.29, 0.717) is 0 Å². The summed E-state index contributed by atoms with van der Waals surface area (Å²) in [6.45, 7) is 1.43. The number of aromatic nitrogens is 2. The molecule has 0 saturated carbocycles. The minimum atomic E-state index is -4.53. The number of carboxylic acids is 1. The SMILES string of the molecule is Cc1ccc(S(=O)(=O)NC(Cc2ccc(-c3noc(-c4ccc(C(F)(F)F)cc4)n3)c(F)c2)C(=O)O)cc1F. The van der Waals surface area contributed by atoms with Crippen molar-refractivity contribution in [1.29, 1.82) is 0 Å². The van der Waals surface area contributed by atoms with Crippen LogP contribution in [0, 0.1) is 18.6 Å². The Bertz CT molecular complexity index is 1640. The van der Waals surface area contributed by atoms with Gasteiger partial charge in [0.25, 0.3) is 5.89 Å². The number of benzene rings is 3. The van der Waals surface area contributed by atoms with Gasteiger partial charge < -0.3 is 9.63 Å². The molecule has 0 saturated heterocycles. The maximum Gasteiger partial charge on any atom is 0.416 e. The van der Waals surface area contributed by atoms with Gasteiger partial charge >= 0.3 is 12.1 Å². The summed E-state index contributed by atoms with van der Waals surface area (Å²) in [5.41, 5.74) is -0.548. The van der Waals surface area contributed by atoms with Crippen LogP contribution in [0.1, 0.15) is 16.7 Å². The summed E-state index contributed by atoms with van der Waals surface area (Å²) in [6, 6.07) is 8.81. The molecule has 0 aliphatic heterocycles. The van der Waals surface area contributed by atoms with Gasteiger partial charge in [0.05, 0.1) is 16.0 Å². The van der Waals surface area contributed by atoms with Crippen LogP contribution in [0.15, 0.2) is 70.1 Å². The molecule has 1 heterocycles. The molecule has 2 N–H and O–H groups in total. The first-order valence-corrected chi connectivity index (χ1v) is 12.5. The van der Waals surface area contributed by atoms with Gasteiger partial charge in [0.15, 0.2) is 0 Å². The lowest BCUT2D eigenvalue weighted by atomic mass is 10.0. The van der Waals surface area contributed by atoms with E-state index in [2.05, 4.69) is 10.1 Å². The molecule has 0 fully saturated rings. The molecule has 4 aromatic rings. The Hall–Kier alpha value is -4.17. The Kier molecular flexibility index (Phi) is 7.52. The van der Waals surface area contributed by atoms with Gasteiger partial charge in [-0.05, 0) is 73.0 Å². The molecule has 0 aliphatic rings. The lowest BCUT2D eigenvalue weighted by Gasteiger charge is -2.15. The van der Waals surface area contributed by atoms with Gasteiger partial charge in [0.2, 0.25) is 15.8 Å². The van der Waals surface area contributed by atoms with Gasteiger partial charge in [-0.25, -0.2) is 17.2 Å². The number of nitrogens with one attached hydrogen (secondary N) is 1. The second-order valence-electron chi connectivity index (χ2n) is 8.44. The van der Waals surface area contributed by atoms with Crippen LogP contribution < -0.4 is 4.72 Å². The molecule has 3 aromatic carbocycles. The van der Waals surface area contributed by atoms with Crippen molar-refractivity contribution >= 4 is 16.0 Å². The average molecular weight is 567 g/mol. The number of carbonyl (C=O) groups is 1. The highest BCUT2D eigenvalue weighted by molar-refractivity contribution is 7.89. The Morgan fingerprint density at radius 1 is 1.03 bits per heavy atom. The minimum Gasteiger partial charge on any atom is -0.480 e. The van der Waals surface area contributed by atoms with Crippen LogP contribution in [0.3, 0.4) is 0 Å². The number of aryl methyl sites for hydroxylation is 1. The molecule has 0 bridgehead atoms. The monoisotopic (exact) mass is 567 g/mol. The van der Waals surface area contributed by atoms with E-state index in [4.69, 9.17) is 4.52 Å². The van der Waals surface area contributed by atoms with Crippen molar-refractivity contribution in [2.24, 2.45) is 0 Å². The van der Waals surface area contributed by atoms with Crippen LogP contribution in [-0.4, -0.2) is 35.7 Å². The predicted molar refractivity (Wildman–Crippen MR) is 127 cm³/mol. The molecular formula is C25H18F5N3O5S. The van der Waals surface area contributed by atoms with Crippen molar-refractivity contribution in [3.05, 3.63) is 89.0 Å². The van der Waals surface area contributed by atoms with Crippen LogP contribution in [0.5, 0.6) is 0 Å². The number of alkyl halides is 3. The highest BCUT2D eigenvalue weighted by Gasteiger charge is 2.30. The number of carboxylic acid groups (broad SMARTS) is 1. The van der Waals surface area contributed by atoms with E-state index in [9.17, 15) is 40.3 Å². The molecule has 14 heteroatoms. The van der Waals surface area contributed by atoms with E-state index in [1.165, 1.54) is 25.1 Å². The average Bonchev–Trinajstić information content (AvgIpc) is 3.34. The number of hydrogen-bond acceptors (Lipinski definition) is 6. The third-order valence-corrected chi connectivity index (χ3v) is 7.12. The van der Waals surface area contributed by atoms with Crippen molar-refractivity contribution in [2.75, 3.05) is 0 Å². The molecule has 0 spiro atoms. The van der Waals surface area contributed by atoms with Crippen LogP contribution in [0.2, 0.25) is 0 Å². The van der Waals surface area contributed by atoms with Crippen LogP contribution in [-0.2, 0) is 27.4 Å². The van der Waals surface area contributed by atoms with Crippen molar-refractivity contribution in [3.8, 4) is 22.8 Å². The maximum atomic E-state index is 14.9. The third kappa shape index (κ3) is 6.29. The van der Waals surface area contributed by atoms with Gasteiger partial charge in [-0.1, -0.05) is 17.3 Å². The molecule has 1 unspecified atom stereocenters. The van der Waals surface area contributed by atoms with Crippen molar-refractivity contribution in [3.63, 3.8) is 0 Å². The van der Waals surface area contributed by atoms with Crippen LogP contribution in [0.4, 0.5) is 22.0 Å². The van der Waals surface area contributed by atoms with E-state index < -0.39 is 56.7 Å². The number of nitrogens with zero attached hydrogens (tertiary/aromatic N) is 2. The van der Waals surface area contributed by atoms with Crippen LogP contribution in [0.25, 0.3) is 22.8 Å². The smallest absolute Gasteiger partial charge is 0.416 e. The molecule has 204 valence electrons. The van der Waals surface area contributed by atoms with E-state index in [0.717, 1.165) is 42.5 Å². The highest BCUT2D eigenvalue weighted by atomic mass is 32.2. The largest absolute Gasteiger partial charge is 0.480 e. The Balaban J connectivity index is 1.52. The molecule has 4 rings (SSSR count). The topological polar surface area (TPSA) is 122 Å². The first kappa shape index (κ1) is 27.9. The van der Waals surface area contributed by atoms with E-state index >= 15 is 0 Å². The molecule has 1 atom stereocenters. The van der Waals surface area contributed by atoms with Gasteiger partial charge in [-0.15, -0.1) is 0 Å². The maximum absolute atomic E-state index is 14.9. The summed E-state index contributed by atoms with van der Waals surface area (Å²) in [5, 5.41) is 13.2. The summed E-state index contributed by atoms with van der Waals surface area (Å²) in [7, 11) is -4.42. The van der Waals surface area contributed by atoms with Gasteiger partial charge in [0.1, 0.15) is 17.7 Å². The highest BCUT2D eigenvalue weighted by Crippen LogP contribution is 2.31. The van der Waals surface area contributed by atoms with E-state index in [1.807, 2.05) is 4.72 Å². The quantitative estimate of drug-likeness (QED) is 0.288.